The molecule has 1 unspecified atom stereocenters. The van der Waals surface area contributed by atoms with E-state index in [9.17, 15) is 39.6 Å². The fourth-order valence-corrected chi connectivity index (χ4v) is 6.21. The quantitative estimate of drug-likeness (QED) is 0.441. The standard InChI is InChI=1S/C19H24F3N3O7S3/c1-18(2,3)32-17(27)11-4-5-12-13(10-11)33-16(25-12)14(15(26)24-7-9-35(23,30)31)34(28,29)8-6-19(20,21)22/h4-5,10,14H,6-9H2,1-3H3,(H,24,26)(H2,23,30,31). The van der Waals surface area contributed by atoms with Crippen molar-refractivity contribution in [2.24, 2.45) is 5.14 Å². The minimum absolute atomic E-state index is 0.122. The third kappa shape index (κ3) is 9.01. The monoisotopic (exact) mass is 559 g/mol. The Balaban J connectivity index is 2.44. The van der Waals surface area contributed by atoms with Crippen LogP contribution in [0.25, 0.3) is 10.2 Å². The molecule has 3 N–H and O–H groups in total. The highest BCUT2D eigenvalue weighted by atomic mass is 32.2. The SMILES string of the molecule is CC(C)(C)OC(=O)c1ccc2nc(C(C(=O)NCCS(N)(=O)=O)S(=O)(=O)CCC(F)(F)F)sc2c1. The lowest BCUT2D eigenvalue weighted by molar-refractivity contribution is -0.130. The highest BCUT2D eigenvalue weighted by molar-refractivity contribution is 7.92. The van der Waals surface area contributed by atoms with Crippen molar-refractivity contribution in [3.05, 3.63) is 28.8 Å². The van der Waals surface area contributed by atoms with E-state index in [1.807, 2.05) is 0 Å². The first kappa shape index (κ1) is 28.9. The summed E-state index contributed by atoms with van der Waals surface area (Å²) in [5.74, 6) is -4.01. The number of sulfone groups is 1. The predicted octanol–water partition coefficient (Wildman–Crippen LogP) is 2.06. The van der Waals surface area contributed by atoms with E-state index in [4.69, 9.17) is 9.88 Å². The van der Waals surface area contributed by atoms with Gasteiger partial charge in [-0.25, -0.2) is 31.8 Å². The zero-order valence-corrected chi connectivity index (χ0v) is 21.3. The van der Waals surface area contributed by atoms with Gasteiger partial charge in [0, 0.05) is 6.54 Å². The number of primary sulfonamides is 1. The van der Waals surface area contributed by atoms with Crippen molar-refractivity contribution in [3.8, 4) is 0 Å². The topological polar surface area (TPSA) is 163 Å². The fraction of sp³-hybridized carbons (Fsp3) is 0.526. The molecule has 196 valence electrons. The molecule has 35 heavy (non-hydrogen) atoms. The van der Waals surface area contributed by atoms with Crippen molar-refractivity contribution in [1.82, 2.24) is 10.3 Å². The van der Waals surface area contributed by atoms with Gasteiger partial charge < -0.3 is 10.1 Å². The largest absolute Gasteiger partial charge is 0.456 e. The number of carbonyl (C=O) groups excluding carboxylic acids is 2. The Morgan fingerprint density at radius 2 is 1.77 bits per heavy atom. The van der Waals surface area contributed by atoms with Gasteiger partial charge in [0.25, 0.3) is 0 Å². The van der Waals surface area contributed by atoms with Gasteiger partial charge in [-0.1, -0.05) is 0 Å². The average molecular weight is 560 g/mol. The molecule has 0 saturated heterocycles. The molecule has 0 aliphatic rings. The van der Waals surface area contributed by atoms with Crippen LogP contribution in [-0.2, 0) is 29.4 Å². The second-order valence-corrected chi connectivity index (χ2v) is 13.5. The molecule has 16 heteroatoms. The van der Waals surface area contributed by atoms with Crippen molar-refractivity contribution in [3.63, 3.8) is 0 Å². The van der Waals surface area contributed by atoms with E-state index in [1.165, 1.54) is 18.2 Å². The van der Waals surface area contributed by atoms with E-state index in [0.717, 1.165) is 0 Å². The van der Waals surface area contributed by atoms with Crippen LogP contribution in [0.5, 0.6) is 0 Å². The molecular weight excluding hydrogens is 535 g/mol. The van der Waals surface area contributed by atoms with Gasteiger partial charge in [0.2, 0.25) is 15.9 Å². The second kappa shape index (κ2) is 10.4. The number of fused-ring (bicyclic) bond motifs is 1. The molecule has 0 fully saturated rings. The summed E-state index contributed by atoms with van der Waals surface area (Å²) in [5.41, 5.74) is -0.458. The molecule has 1 aromatic heterocycles. The first-order valence-electron chi connectivity index (χ1n) is 9.98. The van der Waals surface area contributed by atoms with Crippen LogP contribution >= 0.6 is 11.3 Å². The smallest absolute Gasteiger partial charge is 0.390 e. The predicted molar refractivity (Wildman–Crippen MR) is 123 cm³/mol. The Labute approximate surface area is 204 Å². The molecule has 1 heterocycles. The molecule has 1 atom stereocenters. The number of esters is 1. The molecule has 0 saturated carbocycles. The Bertz CT molecular complexity index is 1310. The second-order valence-electron chi connectivity index (χ2n) is 8.51. The first-order valence-corrected chi connectivity index (χ1v) is 14.2. The van der Waals surface area contributed by atoms with Crippen LogP contribution in [0.4, 0.5) is 13.2 Å². The molecule has 2 rings (SSSR count). The Kier molecular flexibility index (Phi) is 8.56. The molecule has 0 aliphatic carbocycles. The normalized spacial score (nSPS) is 14.0. The number of thiazole rings is 1. The van der Waals surface area contributed by atoms with E-state index in [0.29, 0.717) is 11.3 Å². The van der Waals surface area contributed by atoms with Gasteiger partial charge in [-0.3, -0.25) is 4.79 Å². The summed E-state index contributed by atoms with van der Waals surface area (Å²) in [6.07, 6.45) is -6.48. The van der Waals surface area contributed by atoms with Gasteiger partial charge >= 0.3 is 12.1 Å². The minimum atomic E-state index is -4.79. The van der Waals surface area contributed by atoms with Crippen LogP contribution in [0.2, 0.25) is 0 Å². The number of alkyl halides is 3. The Hall–Kier alpha value is -2.30. The van der Waals surface area contributed by atoms with Crippen LogP contribution in [0.1, 0.15) is 47.8 Å². The van der Waals surface area contributed by atoms with E-state index in [-0.39, 0.29) is 20.8 Å². The number of nitrogens with two attached hydrogens (primary N) is 1. The number of aromatic nitrogens is 1. The number of hydrogen-bond donors (Lipinski definition) is 2. The maximum atomic E-state index is 12.8. The number of amides is 1. The summed E-state index contributed by atoms with van der Waals surface area (Å²) < 4.78 is 91.4. The van der Waals surface area contributed by atoms with E-state index in [2.05, 4.69) is 10.3 Å². The van der Waals surface area contributed by atoms with Gasteiger partial charge in [-0.15, -0.1) is 11.3 Å². The number of rotatable bonds is 9. The highest BCUT2D eigenvalue weighted by Crippen LogP contribution is 2.34. The third-order valence-electron chi connectivity index (χ3n) is 4.22. The van der Waals surface area contributed by atoms with Crippen molar-refractivity contribution in [2.45, 2.75) is 44.2 Å². The number of ether oxygens (including phenoxy) is 1. The molecular formula is C19H24F3N3O7S3. The molecule has 1 aromatic carbocycles. The lowest BCUT2D eigenvalue weighted by Crippen LogP contribution is -2.38. The molecule has 0 spiro atoms. The summed E-state index contributed by atoms with van der Waals surface area (Å²) in [6.45, 7) is 4.44. The number of nitrogens with zero attached hydrogens (tertiary/aromatic N) is 1. The average Bonchev–Trinajstić information content (AvgIpc) is 3.05. The van der Waals surface area contributed by atoms with Crippen LogP contribution in [0.3, 0.4) is 0 Å². The lowest BCUT2D eigenvalue weighted by Gasteiger charge is -2.19. The zero-order valence-electron chi connectivity index (χ0n) is 18.9. The fourth-order valence-electron chi connectivity index (χ4n) is 2.73. The van der Waals surface area contributed by atoms with Crippen LogP contribution in [-0.4, -0.2) is 63.5 Å². The van der Waals surface area contributed by atoms with Gasteiger partial charge in [-0.2, -0.15) is 13.2 Å². The number of nitrogens with one attached hydrogen (secondary N) is 1. The van der Waals surface area contributed by atoms with Crippen LogP contribution in [0, 0.1) is 0 Å². The summed E-state index contributed by atoms with van der Waals surface area (Å²) in [6, 6.07) is 4.12. The number of benzene rings is 1. The maximum Gasteiger partial charge on any atom is 0.390 e. The van der Waals surface area contributed by atoms with Crippen molar-refractivity contribution in [1.29, 1.82) is 0 Å². The molecule has 10 nitrogen and oxygen atoms in total. The van der Waals surface area contributed by atoms with Gasteiger partial charge in [0.05, 0.1) is 33.7 Å². The summed E-state index contributed by atoms with van der Waals surface area (Å²) in [4.78, 5) is 29.1. The number of hydrogen-bond acceptors (Lipinski definition) is 9. The zero-order chi connectivity index (χ0) is 26.8. The Morgan fingerprint density at radius 3 is 2.31 bits per heavy atom. The molecule has 2 aromatic rings. The first-order chi connectivity index (χ1) is 15.8. The molecule has 0 bridgehead atoms. The highest BCUT2D eigenvalue weighted by Gasteiger charge is 2.40. The molecule has 0 radical (unpaired) electrons. The number of carbonyl (C=O) groups is 2. The summed E-state index contributed by atoms with van der Waals surface area (Å²) in [7, 11) is -8.72. The van der Waals surface area contributed by atoms with Gasteiger partial charge in [-0.05, 0) is 39.0 Å². The van der Waals surface area contributed by atoms with E-state index in [1.54, 1.807) is 20.8 Å². The van der Waals surface area contributed by atoms with E-state index < -0.39 is 73.2 Å². The van der Waals surface area contributed by atoms with Gasteiger partial charge in [0.1, 0.15) is 10.6 Å². The Morgan fingerprint density at radius 1 is 1.14 bits per heavy atom. The third-order valence-corrected chi connectivity index (χ3v) is 8.15. The van der Waals surface area contributed by atoms with Crippen molar-refractivity contribution in [2.75, 3.05) is 18.1 Å². The van der Waals surface area contributed by atoms with Crippen molar-refractivity contribution < 1.29 is 44.3 Å². The maximum absolute atomic E-state index is 12.8. The van der Waals surface area contributed by atoms with Crippen LogP contribution in [0.15, 0.2) is 18.2 Å². The molecule has 1 amide bonds. The van der Waals surface area contributed by atoms with Crippen molar-refractivity contribution >= 4 is 53.3 Å². The number of sulfonamides is 1. The lowest BCUT2D eigenvalue weighted by atomic mass is 10.1. The van der Waals surface area contributed by atoms with Gasteiger partial charge in [0.15, 0.2) is 15.1 Å². The summed E-state index contributed by atoms with van der Waals surface area (Å²) >= 11 is 0.699. The number of halogens is 3. The minimum Gasteiger partial charge on any atom is -0.456 e. The van der Waals surface area contributed by atoms with Crippen LogP contribution < -0.4 is 10.5 Å². The van der Waals surface area contributed by atoms with E-state index >= 15 is 0 Å². The molecule has 0 aliphatic heterocycles. The summed E-state index contributed by atoms with van der Waals surface area (Å²) in [5, 5.41) is 4.45.